The minimum Gasteiger partial charge on any atom is -0.495 e. The highest BCUT2D eigenvalue weighted by molar-refractivity contribution is 7.81. The van der Waals surface area contributed by atoms with Gasteiger partial charge in [-0.1, -0.05) is 35.9 Å². The molecule has 54 heavy (non-hydrogen) atoms. The van der Waals surface area contributed by atoms with E-state index in [0.717, 1.165) is 31.0 Å². The number of nitrogens with one attached hydrogen (secondary N) is 2. The van der Waals surface area contributed by atoms with Crippen LogP contribution in [0.15, 0.2) is 36.4 Å². The minimum absolute atomic E-state index is 0.00449. The van der Waals surface area contributed by atoms with Crippen LogP contribution in [0.4, 0.5) is 13.1 Å². The van der Waals surface area contributed by atoms with E-state index in [4.69, 9.17) is 23.5 Å². The van der Waals surface area contributed by atoms with Gasteiger partial charge in [0.1, 0.15) is 40.1 Å². The standard InChI is InChI=1S/C37H49BF2N2O11S/c1-34(2,3)49-32(44)28-24(39)16-13-21(30(28)48-10)17-27(38-51-26-19-22-18-25(36(22,7)8)37(26,9)53-38)41-31(43)29(42-33(45)50-35(4,5)6)20-11-14-23(15-12-20)52-54(40,46)47/h11-16,22,25-27,29H,17-19H2,1-10H3,(H,41,43)(H,42,45)/t22-,25-,26+,27-,29+,37-/m0/s1. The van der Waals surface area contributed by atoms with Gasteiger partial charge in [0.25, 0.3) is 0 Å². The van der Waals surface area contributed by atoms with Crippen LogP contribution in [0.3, 0.4) is 0 Å². The molecule has 296 valence electrons. The van der Waals surface area contributed by atoms with Crippen LogP contribution in [0, 0.1) is 23.1 Å². The van der Waals surface area contributed by atoms with Gasteiger partial charge in [-0.25, -0.2) is 14.0 Å². The highest BCUT2D eigenvalue weighted by Crippen LogP contribution is 2.65. The third-order valence-electron chi connectivity index (χ3n) is 10.4. The van der Waals surface area contributed by atoms with E-state index in [9.17, 15) is 26.7 Å². The van der Waals surface area contributed by atoms with Crippen molar-refractivity contribution in [2.75, 3.05) is 7.11 Å². The summed E-state index contributed by atoms with van der Waals surface area (Å²) < 4.78 is 84.7. The number of halogens is 2. The molecule has 17 heteroatoms. The molecule has 2 N–H and O–H groups in total. The van der Waals surface area contributed by atoms with Gasteiger partial charge >= 0.3 is 29.7 Å². The van der Waals surface area contributed by atoms with Crippen molar-refractivity contribution >= 4 is 35.6 Å². The van der Waals surface area contributed by atoms with E-state index < -0.39 is 75.8 Å². The molecule has 0 spiro atoms. The molecule has 1 saturated heterocycles. The molecule has 0 radical (unpaired) electrons. The van der Waals surface area contributed by atoms with Crippen molar-refractivity contribution in [1.82, 2.24) is 10.6 Å². The Bertz CT molecular complexity index is 1880. The zero-order valence-electron chi connectivity index (χ0n) is 32.2. The fourth-order valence-electron chi connectivity index (χ4n) is 7.86. The molecular formula is C37H49BF2N2O11S. The first-order valence-corrected chi connectivity index (χ1v) is 19.1. The second kappa shape index (κ2) is 14.6. The van der Waals surface area contributed by atoms with Crippen molar-refractivity contribution < 1.29 is 58.8 Å². The highest BCUT2D eigenvalue weighted by Gasteiger charge is 2.68. The van der Waals surface area contributed by atoms with Crippen LogP contribution in [-0.4, -0.2) is 69.5 Å². The van der Waals surface area contributed by atoms with E-state index in [1.54, 1.807) is 41.5 Å². The molecule has 4 aliphatic rings. The zero-order valence-corrected chi connectivity index (χ0v) is 33.0. The van der Waals surface area contributed by atoms with Gasteiger partial charge in [0.05, 0.1) is 24.8 Å². The van der Waals surface area contributed by atoms with E-state index in [2.05, 4.69) is 28.7 Å². The summed E-state index contributed by atoms with van der Waals surface area (Å²) in [6, 6.07) is 5.88. The third-order valence-corrected chi connectivity index (χ3v) is 10.8. The number of benzene rings is 2. The van der Waals surface area contributed by atoms with Crippen molar-refractivity contribution in [1.29, 1.82) is 0 Å². The molecule has 3 aliphatic carbocycles. The Hall–Kier alpha value is -3.96. The Balaban J connectivity index is 1.53. The number of ether oxygens (including phenoxy) is 3. The normalized spacial score (nSPS) is 24.3. The van der Waals surface area contributed by atoms with Crippen LogP contribution in [0.25, 0.3) is 0 Å². The monoisotopic (exact) mass is 778 g/mol. The molecule has 1 aliphatic heterocycles. The van der Waals surface area contributed by atoms with Crippen molar-refractivity contribution in [3.63, 3.8) is 0 Å². The number of carbonyl (C=O) groups is 3. The summed E-state index contributed by atoms with van der Waals surface area (Å²) in [6.07, 6.45) is 0.383. The molecule has 3 saturated carbocycles. The van der Waals surface area contributed by atoms with Crippen LogP contribution < -0.4 is 19.6 Å². The van der Waals surface area contributed by atoms with Crippen LogP contribution >= 0.6 is 0 Å². The maximum atomic E-state index is 15.3. The van der Waals surface area contributed by atoms with E-state index >= 15 is 4.39 Å². The lowest BCUT2D eigenvalue weighted by Gasteiger charge is -2.64. The highest BCUT2D eigenvalue weighted by atomic mass is 32.3. The smallest absolute Gasteiger partial charge is 0.488 e. The van der Waals surface area contributed by atoms with Crippen molar-refractivity contribution in [2.24, 2.45) is 17.3 Å². The summed E-state index contributed by atoms with van der Waals surface area (Å²) in [5, 5.41) is 5.50. The number of carbonyl (C=O) groups excluding carboxylic acids is 3. The number of hydrogen-bond donors (Lipinski definition) is 2. The van der Waals surface area contributed by atoms with Crippen LogP contribution in [0.5, 0.6) is 11.5 Å². The molecule has 1 heterocycles. The van der Waals surface area contributed by atoms with Crippen molar-refractivity contribution in [3.05, 3.63) is 58.9 Å². The van der Waals surface area contributed by atoms with Crippen molar-refractivity contribution in [2.45, 2.75) is 116 Å². The maximum Gasteiger partial charge on any atom is 0.488 e. The van der Waals surface area contributed by atoms with Gasteiger partial charge in [-0.15, -0.1) is 0 Å². The predicted molar refractivity (Wildman–Crippen MR) is 193 cm³/mol. The number of methoxy groups -OCH3 is 1. The molecule has 0 unspecified atom stereocenters. The number of alkyl carbamates (subject to hydrolysis) is 1. The summed E-state index contributed by atoms with van der Waals surface area (Å²) in [4.78, 5) is 40.7. The first-order chi connectivity index (χ1) is 24.8. The molecule has 2 aromatic rings. The van der Waals surface area contributed by atoms with Gasteiger partial charge in [-0.3, -0.25) is 4.79 Å². The molecule has 13 nitrogen and oxygen atoms in total. The minimum atomic E-state index is -5.33. The van der Waals surface area contributed by atoms with Gasteiger partial charge in [0.2, 0.25) is 5.91 Å². The predicted octanol–water partition coefficient (Wildman–Crippen LogP) is 5.94. The fraction of sp³-hybridized carbons (Fsp3) is 0.595. The van der Waals surface area contributed by atoms with Gasteiger partial charge < -0.3 is 38.3 Å². The van der Waals surface area contributed by atoms with E-state index in [0.29, 0.717) is 11.5 Å². The molecule has 4 fully saturated rings. The van der Waals surface area contributed by atoms with E-state index in [1.165, 1.54) is 25.3 Å². The zero-order chi connectivity index (χ0) is 40.2. The Morgan fingerprint density at radius 2 is 1.59 bits per heavy atom. The van der Waals surface area contributed by atoms with Crippen LogP contribution in [0.1, 0.15) is 103 Å². The molecule has 2 bridgehead atoms. The van der Waals surface area contributed by atoms with Crippen LogP contribution in [-0.2, 0) is 40.5 Å². The summed E-state index contributed by atoms with van der Waals surface area (Å²) in [5.74, 6) is -3.45. The number of hydrogen-bond acceptors (Lipinski definition) is 11. The average molecular weight is 779 g/mol. The first kappa shape index (κ1) is 41.2. The molecule has 0 aromatic heterocycles. The summed E-state index contributed by atoms with van der Waals surface area (Å²) in [5.41, 5.74) is -2.50. The van der Waals surface area contributed by atoms with E-state index in [1.807, 2.05) is 6.92 Å². The van der Waals surface area contributed by atoms with Gasteiger partial charge in [0.15, 0.2) is 0 Å². The fourth-order valence-corrected chi connectivity index (χ4v) is 8.20. The molecule has 6 atom stereocenters. The lowest BCUT2D eigenvalue weighted by atomic mass is 9.43. The topological polar surface area (TPSA) is 165 Å². The largest absolute Gasteiger partial charge is 0.495 e. The van der Waals surface area contributed by atoms with E-state index in [-0.39, 0.29) is 40.9 Å². The lowest BCUT2D eigenvalue weighted by molar-refractivity contribution is -0.199. The SMILES string of the molecule is COc1c(C[C@H](NC(=O)[C@H](NC(=O)OC(C)(C)C)c2ccc(OS(=O)(=O)F)cc2)B2O[C@@H]3C[C@@H]4C[C@@H](C4(C)C)[C@]3(C)O2)ccc(F)c1C(=O)OC(C)(C)C. The Labute approximate surface area is 315 Å². The second-order valence-electron chi connectivity index (χ2n) is 16.9. The lowest BCUT2D eigenvalue weighted by Crippen LogP contribution is -2.65. The van der Waals surface area contributed by atoms with Gasteiger partial charge in [-0.05, 0) is 114 Å². The number of amides is 2. The van der Waals surface area contributed by atoms with Crippen molar-refractivity contribution in [3.8, 4) is 11.5 Å². The van der Waals surface area contributed by atoms with Gasteiger partial charge in [-0.2, -0.15) is 8.42 Å². The molecule has 2 aromatic carbocycles. The Morgan fingerprint density at radius 3 is 2.15 bits per heavy atom. The molecular weight excluding hydrogens is 729 g/mol. The first-order valence-electron chi connectivity index (χ1n) is 17.8. The second-order valence-corrected chi connectivity index (χ2v) is 17.9. The number of rotatable bonds is 11. The Morgan fingerprint density at radius 1 is 0.963 bits per heavy atom. The number of esters is 1. The average Bonchev–Trinajstić information content (AvgIpc) is 3.39. The molecule has 2 amide bonds. The summed E-state index contributed by atoms with van der Waals surface area (Å²) >= 11 is 0. The summed E-state index contributed by atoms with van der Waals surface area (Å²) in [7, 11) is -5.08. The third kappa shape index (κ3) is 8.94. The van der Waals surface area contributed by atoms with Gasteiger partial charge in [0, 0.05) is 0 Å². The van der Waals surface area contributed by atoms with Crippen LogP contribution in [0.2, 0.25) is 0 Å². The Kier molecular flexibility index (Phi) is 11.1. The maximum absolute atomic E-state index is 15.3. The molecule has 6 rings (SSSR count). The quantitative estimate of drug-likeness (QED) is 0.158. The summed E-state index contributed by atoms with van der Waals surface area (Å²) in [6.45, 7) is 16.3.